The van der Waals surface area contributed by atoms with E-state index in [1.165, 1.54) is 34.4 Å². The van der Waals surface area contributed by atoms with Gasteiger partial charge in [0, 0.05) is 65.3 Å². The van der Waals surface area contributed by atoms with Gasteiger partial charge in [0.05, 0.1) is 0 Å². The van der Waals surface area contributed by atoms with Crippen LogP contribution in [0, 0.1) is 0 Å². The molecule has 0 atom stereocenters. The minimum Gasteiger partial charge on any atom is -0.361 e. The fourth-order valence-corrected chi connectivity index (χ4v) is 6.26. The zero-order chi connectivity index (χ0) is 29.7. The summed E-state index contributed by atoms with van der Waals surface area (Å²) >= 11 is 7.95. The third-order valence-corrected chi connectivity index (χ3v) is 8.36. The lowest BCUT2D eigenvalue weighted by Crippen LogP contribution is -2.35. The van der Waals surface area contributed by atoms with Crippen LogP contribution in [0.4, 0.5) is 5.69 Å². The maximum atomic E-state index is 12.8. The first-order chi connectivity index (χ1) is 20.4. The average Bonchev–Trinajstić information content (AvgIpc) is 3.23. The van der Waals surface area contributed by atoms with E-state index in [2.05, 4.69) is 57.1 Å². The van der Waals surface area contributed by atoms with Gasteiger partial charge in [-0.1, -0.05) is 48.0 Å². The molecular formula is C34H44ClN5OS. The number of benzene rings is 3. The number of rotatable bonds is 5. The summed E-state index contributed by atoms with van der Waals surface area (Å²) in [4.78, 5) is 21.3. The molecule has 0 saturated carbocycles. The van der Waals surface area contributed by atoms with Crippen molar-refractivity contribution in [3.05, 3.63) is 95.1 Å². The van der Waals surface area contributed by atoms with Crippen LogP contribution >= 0.6 is 23.5 Å². The number of aromatic amines is 1. The van der Waals surface area contributed by atoms with Gasteiger partial charge in [0.1, 0.15) is 0 Å². The molecule has 0 radical (unpaired) electrons. The van der Waals surface area contributed by atoms with Crippen LogP contribution in [0.15, 0.2) is 83.9 Å². The van der Waals surface area contributed by atoms with Crippen LogP contribution in [0.3, 0.4) is 0 Å². The third kappa shape index (κ3) is 9.89. The van der Waals surface area contributed by atoms with E-state index in [4.69, 9.17) is 11.6 Å². The quantitative estimate of drug-likeness (QED) is 0.242. The molecule has 224 valence electrons. The number of carbonyl (C=O) groups excluding carboxylic acids is 1. The second-order valence-corrected chi connectivity index (χ2v) is 12.7. The molecule has 6 rings (SSSR count). The van der Waals surface area contributed by atoms with Crippen LogP contribution < -0.4 is 10.2 Å². The van der Waals surface area contributed by atoms with Gasteiger partial charge in [-0.2, -0.15) is 0 Å². The Hall–Kier alpha value is -2.81. The van der Waals surface area contributed by atoms with Crippen molar-refractivity contribution in [2.75, 3.05) is 58.8 Å². The first kappa shape index (κ1) is 32.1. The first-order valence-corrected chi connectivity index (χ1v) is 16.0. The van der Waals surface area contributed by atoms with E-state index in [-0.39, 0.29) is 5.91 Å². The maximum Gasteiger partial charge on any atom is 0.227 e. The van der Waals surface area contributed by atoms with Crippen molar-refractivity contribution in [3.63, 3.8) is 0 Å². The Bertz CT molecular complexity index is 1380. The van der Waals surface area contributed by atoms with Gasteiger partial charge < -0.3 is 20.1 Å². The molecule has 2 aliphatic heterocycles. The number of aromatic nitrogens is 1. The predicted octanol–water partition coefficient (Wildman–Crippen LogP) is 6.90. The second-order valence-electron chi connectivity index (χ2n) is 11.1. The molecular weight excluding hydrogens is 562 g/mol. The van der Waals surface area contributed by atoms with Gasteiger partial charge in [-0.25, -0.2) is 4.31 Å². The van der Waals surface area contributed by atoms with Crippen LogP contribution in [0.2, 0.25) is 5.02 Å². The Kier molecular flexibility index (Phi) is 12.8. The number of nitrogens with zero attached hydrogens (tertiary/aromatic N) is 3. The van der Waals surface area contributed by atoms with Crippen molar-refractivity contribution in [3.8, 4) is 0 Å². The van der Waals surface area contributed by atoms with Gasteiger partial charge >= 0.3 is 0 Å². The topological polar surface area (TPSA) is 54.6 Å². The summed E-state index contributed by atoms with van der Waals surface area (Å²) in [5.41, 5.74) is 4.52. The highest BCUT2D eigenvalue weighted by molar-refractivity contribution is 7.97. The number of fused-ring (bicyclic) bond motifs is 2. The predicted molar refractivity (Wildman–Crippen MR) is 180 cm³/mol. The van der Waals surface area contributed by atoms with Gasteiger partial charge in [0.25, 0.3) is 0 Å². The van der Waals surface area contributed by atoms with Crippen LogP contribution in [0.5, 0.6) is 0 Å². The zero-order valence-corrected chi connectivity index (χ0v) is 26.7. The number of carbonyl (C=O) groups is 1. The summed E-state index contributed by atoms with van der Waals surface area (Å²) in [6.07, 6.45) is 6.52. The molecule has 3 aromatic carbocycles. The lowest BCUT2D eigenvalue weighted by molar-refractivity contribution is -0.118. The van der Waals surface area contributed by atoms with Gasteiger partial charge in [-0.15, -0.1) is 0 Å². The van der Waals surface area contributed by atoms with Crippen LogP contribution in [0.25, 0.3) is 10.9 Å². The molecule has 42 heavy (non-hydrogen) atoms. The number of hydrogen-bond donors (Lipinski definition) is 2. The third-order valence-electron chi connectivity index (χ3n) is 7.02. The van der Waals surface area contributed by atoms with E-state index in [1.54, 1.807) is 0 Å². The summed E-state index contributed by atoms with van der Waals surface area (Å²) in [6.45, 7) is 5.39. The van der Waals surface area contributed by atoms with Gasteiger partial charge in [-0.05, 0) is 113 Å². The number of aryl methyl sites for hydroxylation is 2. The van der Waals surface area contributed by atoms with E-state index >= 15 is 0 Å². The molecule has 0 aliphatic carbocycles. The molecule has 0 spiro atoms. The summed E-state index contributed by atoms with van der Waals surface area (Å²) in [6, 6.07) is 24.6. The highest BCUT2D eigenvalue weighted by atomic mass is 35.5. The van der Waals surface area contributed by atoms with Crippen LogP contribution in [-0.2, 0) is 17.6 Å². The first-order valence-electron chi connectivity index (χ1n) is 14.8. The monoisotopic (exact) mass is 605 g/mol. The normalized spacial score (nSPS) is 15.2. The fourth-order valence-electron chi connectivity index (χ4n) is 5.08. The summed E-state index contributed by atoms with van der Waals surface area (Å²) in [5.74, 6) is 0.184. The van der Waals surface area contributed by atoms with E-state index in [9.17, 15) is 4.79 Å². The average molecular weight is 606 g/mol. The number of anilines is 1. The van der Waals surface area contributed by atoms with Gasteiger partial charge in [-0.3, -0.25) is 4.79 Å². The lowest BCUT2D eigenvalue weighted by Gasteiger charge is -2.29. The fraction of sp³-hybridized carbons (Fsp3) is 0.382. The van der Waals surface area contributed by atoms with E-state index < -0.39 is 0 Å². The highest BCUT2D eigenvalue weighted by Gasteiger charge is 2.22. The SMILES string of the molecule is CN(C)C.O=C(CCc1c[nH]c2ccccc12)N1CCCc2cc(Cl)ccc21.c1ccc(SN2CCCNCC2)cc1. The Morgan fingerprint density at radius 1 is 0.929 bits per heavy atom. The van der Waals surface area contributed by atoms with Crippen LogP contribution in [-0.4, -0.2) is 74.0 Å². The van der Waals surface area contributed by atoms with Gasteiger partial charge in [0.2, 0.25) is 5.91 Å². The number of nitrogens with one attached hydrogen (secondary N) is 2. The number of H-pyrrole nitrogens is 1. The molecule has 2 aliphatic rings. The van der Waals surface area contributed by atoms with Crippen molar-refractivity contribution in [1.29, 1.82) is 0 Å². The lowest BCUT2D eigenvalue weighted by atomic mass is 10.0. The van der Waals surface area contributed by atoms with Crippen molar-refractivity contribution in [2.24, 2.45) is 0 Å². The molecule has 1 aromatic heterocycles. The van der Waals surface area contributed by atoms with E-state index in [0.29, 0.717) is 6.42 Å². The molecule has 0 unspecified atom stereocenters. The smallest absolute Gasteiger partial charge is 0.227 e. The maximum absolute atomic E-state index is 12.8. The Morgan fingerprint density at radius 3 is 2.50 bits per heavy atom. The molecule has 6 nitrogen and oxygen atoms in total. The minimum absolute atomic E-state index is 0.184. The standard InChI is InChI=1S/C20H19ClN2O.C11H16N2S.C3H9N/c21-16-8-9-19-14(12-16)4-3-11-23(19)20(24)10-7-15-13-22-18-6-2-1-5-17(15)18;1-2-5-11(6-3-1)14-13-9-4-7-12-8-10-13;1-4(2)3/h1-2,5-6,8-9,12-13,22H,3-4,7,10-11H2;1-3,5-6,12H,4,7-10H2;1-3H3. The van der Waals surface area contributed by atoms with E-state index in [1.807, 2.05) is 79.4 Å². The number of hydrogen-bond acceptors (Lipinski definition) is 5. The molecule has 1 saturated heterocycles. The largest absolute Gasteiger partial charge is 0.361 e. The Morgan fingerprint density at radius 2 is 1.69 bits per heavy atom. The molecule has 1 fully saturated rings. The summed E-state index contributed by atoms with van der Waals surface area (Å²) in [7, 11) is 6.00. The Balaban J connectivity index is 0.000000190. The zero-order valence-electron chi connectivity index (χ0n) is 25.1. The van der Waals surface area contributed by atoms with Crippen LogP contribution in [0.1, 0.15) is 30.4 Å². The van der Waals surface area contributed by atoms with E-state index in [0.717, 1.165) is 61.7 Å². The molecule has 3 heterocycles. The molecule has 8 heteroatoms. The second kappa shape index (κ2) is 16.7. The molecule has 2 N–H and O–H groups in total. The van der Waals surface area contributed by atoms with Gasteiger partial charge in [0.15, 0.2) is 0 Å². The molecule has 4 aromatic rings. The number of amides is 1. The van der Waals surface area contributed by atoms with Crippen molar-refractivity contribution in [2.45, 2.75) is 37.0 Å². The summed E-state index contributed by atoms with van der Waals surface area (Å²) < 4.78 is 2.44. The highest BCUT2D eigenvalue weighted by Crippen LogP contribution is 2.30. The minimum atomic E-state index is 0.184. The van der Waals surface area contributed by atoms with Crippen molar-refractivity contribution >= 4 is 46.0 Å². The molecule has 1 amide bonds. The summed E-state index contributed by atoms with van der Waals surface area (Å²) in [5, 5.41) is 5.35. The number of para-hydroxylation sites is 1. The van der Waals surface area contributed by atoms with Crippen molar-refractivity contribution in [1.82, 2.24) is 19.5 Å². The number of halogens is 1. The Labute approximate surface area is 260 Å². The molecule has 0 bridgehead atoms. The van der Waals surface area contributed by atoms with Crippen molar-refractivity contribution < 1.29 is 4.79 Å².